The fourth-order valence-corrected chi connectivity index (χ4v) is 3.04. The third-order valence-electron chi connectivity index (χ3n) is 2.79. The molecule has 1 atom stereocenters. The van der Waals surface area contributed by atoms with Gasteiger partial charge in [-0.2, -0.15) is 0 Å². The molecule has 0 radical (unpaired) electrons. The lowest BCUT2D eigenvalue weighted by Crippen LogP contribution is -2.05. The van der Waals surface area contributed by atoms with Crippen LogP contribution in [0.15, 0.2) is 17.6 Å². The molecule has 6 heteroatoms. The number of thiazole rings is 1. The largest absolute Gasteiger partial charge is 0.299 e. The molecule has 0 spiro atoms. The summed E-state index contributed by atoms with van der Waals surface area (Å²) in [7, 11) is 0. The van der Waals surface area contributed by atoms with Crippen LogP contribution in [0.1, 0.15) is 25.3 Å². The highest BCUT2D eigenvalue weighted by Gasteiger charge is 2.21. The van der Waals surface area contributed by atoms with Crippen LogP contribution < -0.4 is 0 Å². The number of rotatable bonds is 5. The molecule has 1 unspecified atom stereocenters. The second-order valence-electron chi connectivity index (χ2n) is 4.12. The third-order valence-corrected chi connectivity index (χ3v) is 3.95. The maximum absolute atomic E-state index is 11.2. The highest BCUT2D eigenvalue weighted by molar-refractivity contribution is 7.16. The molecular weight excluding hydrogens is 272 g/mol. The summed E-state index contributed by atoms with van der Waals surface area (Å²) in [5.74, 6) is 0. The third kappa shape index (κ3) is 2.62. The SMILES string of the molecule is CCCC(Cl)Cc1ccc2scnc2c1[N+](=O)[O-]. The Labute approximate surface area is 114 Å². The van der Waals surface area contributed by atoms with E-state index in [1.165, 1.54) is 11.3 Å². The predicted molar refractivity (Wildman–Crippen MR) is 74.5 cm³/mol. The van der Waals surface area contributed by atoms with Gasteiger partial charge >= 0.3 is 0 Å². The summed E-state index contributed by atoms with van der Waals surface area (Å²) in [5, 5.41) is 11.1. The monoisotopic (exact) mass is 284 g/mol. The molecule has 0 aliphatic carbocycles. The van der Waals surface area contributed by atoms with Crippen molar-refractivity contribution in [3.8, 4) is 0 Å². The summed E-state index contributed by atoms with van der Waals surface area (Å²) in [6, 6.07) is 3.68. The molecule has 1 aromatic heterocycles. The number of nitrogens with zero attached hydrogens (tertiary/aromatic N) is 2. The number of aromatic nitrogens is 1. The molecule has 2 aromatic rings. The Hall–Kier alpha value is -1.20. The van der Waals surface area contributed by atoms with E-state index in [1.54, 1.807) is 11.6 Å². The summed E-state index contributed by atoms with van der Waals surface area (Å²) >= 11 is 7.59. The molecule has 2 rings (SSSR count). The minimum absolute atomic E-state index is 0.0650. The van der Waals surface area contributed by atoms with Crippen molar-refractivity contribution in [1.29, 1.82) is 0 Å². The number of hydrogen-bond donors (Lipinski definition) is 0. The molecule has 0 aliphatic heterocycles. The van der Waals surface area contributed by atoms with Crippen molar-refractivity contribution in [2.45, 2.75) is 31.6 Å². The topological polar surface area (TPSA) is 56.0 Å². The van der Waals surface area contributed by atoms with Crippen LogP contribution in [0.5, 0.6) is 0 Å². The Morgan fingerprint density at radius 2 is 2.33 bits per heavy atom. The lowest BCUT2D eigenvalue weighted by molar-refractivity contribution is -0.383. The predicted octanol–water partition coefficient (Wildman–Crippen LogP) is 4.15. The smallest absolute Gasteiger partial charge is 0.258 e. The standard InChI is InChI=1S/C12H13ClN2O2S/c1-2-3-9(13)6-8-4-5-10-11(14-7-18-10)12(8)15(16)17/h4-5,7,9H,2-3,6H2,1H3. The van der Waals surface area contributed by atoms with Crippen LogP contribution in [-0.2, 0) is 6.42 Å². The van der Waals surface area contributed by atoms with Gasteiger partial charge in [-0.25, -0.2) is 4.98 Å². The number of nitro benzene ring substituents is 1. The molecular formula is C12H13ClN2O2S. The quantitative estimate of drug-likeness (QED) is 0.471. The highest BCUT2D eigenvalue weighted by Crippen LogP contribution is 2.32. The minimum atomic E-state index is -0.354. The molecule has 1 aromatic carbocycles. The molecule has 0 N–H and O–H groups in total. The van der Waals surface area contributed by atoms with Crippen molar-refractivity contribution in [2.24, 2.45) is 0 Å². The summed E-state index contributed by atoms with van der Waals surface area (Å²) in [5.41, 5.74) is 2.89. The van der Waals surface area contributed by atoms with E-state index in [4.69, 9.17) is 11.6 Å². The van der Waals surface area contributed by atoms with Gasteiger partial charge in [0.25, 0.3) is 5.69 Å². The maximum Gasteiger partial charge on any atom is 0.299 e. The Morgan fingerprint density at radius 1 is 1.56 bits per heavy atom. The molecule has 96 valence electrons. The van der Waals surface area contributed by atoms with Crippen molar-refractivity contribution in [1.82, 2.24) is 4.98 Å². The zero-order valence-corrected chi connectivity index (χ0v) is 11.5. The van der Waals surface area contributed by atoms with Gasteiger partial charge in [-0.05, 0) is 18.9 Å². The van der Waals surface area contributed by atoms with Crippen molar-refractivity contribution in [3.05, 3.63) is 33.3 Å². The van der Waals surface area contributed by atoms with E-state index < -0.39 is 0 Å². The summed E-state index contributed by atoms with van der Waals surface area (Å²) < 4.78 is 0.840. The van der Waals surface area contributed by atoms with Crippen LogP contribution in [0.4, 0.5) is 5.69 Å². The Kier molecular flexibility index (Phi) is 4.14. The average Bonchev–Trinajstić information content (AvgIpc) is 2.76. The van der Waals surface area contributed by atoms with Crippen LogP contribution in [0.25, 0.3) is 10.2 Å². The zero-order chi connectivity index (χ0) is 13.1. The van der Waals surface area contributed by atoms with Gasteiger partial charge in [0.1, 0.15) is 0 Å². The molecule has 1 heterocycles. The van der Waals surface area contributed by atoms with Gasteiger partial charge in [0.2, 0.25) is 0 Å². The van der Waals surface area contributed by atoms with E-state index >= 15 is 0 Å². The van der Waals surface area contributed by atoms with E-state index in [2.05, 4.69) is 4.98 Å². The normalized spacial score (nSPS) is 12.8. The van der Waals surface area contributed by atoms with E-state index in [9.17, 15) is 10.1 Å². The number of nitro groups is 1. The number of fused-ring (bicyclic) bond motifs is 1. The lowest BCUT2D eigenvalue weighted by Gasteiger charge is -2.08. The second kappa shape index (κ2) is 5.63. The summed E-state index contributed by atoms with van der Waals surface area (Å²) in [6.45, 7) is 2.05. The Balaban J connectivity index is 2.43. The van der Waals surface area contributed by atoms with Gasteiger partial charge in [-0.15, -0.1) is 22.9 Å². The van der Waals surface area contributed by atoms with Crippen molar-refractivity contribution >= 4 is 38.8 Å². The molecule has 4 nitrogen and oxygen atoms in total. The molecule has 0 saturated heterocycles. The van der Waals surface area contributed by atoms with Gasteiger partial charge in [-0.3, -0.25) is 10.1 Å². The van der Waals surface area contributed by atoms with E-state index in [-0.39, 0.29) is 16.0 Å². The molecule has 0 aliphatic rings. The summed E-state index contributed by atoms with van der Waals surface area (Å²) in [6.07, 6.45) is 2.34. The Bertz CT molecular complexity index is 570. The van der Waals surface area contributed by atoms with Gasteiger partial charge in [0.05, 0.1) is 15.1 Å². The fourth-order valence-electron chi connectivity index (χ4n) is 1.98. The van der Waals surface area contributed by atoms with Gasteiger partial charge in [0.15, 0.2) is 5.52 Å². The first-order valence-electron chi connectivity index (χ1n) is 5.77. The number of alkyl halides is 1. The van der Waals surface area contributed by atoms with Crippen LogP contribution in [0, 0.1) is 10.1 Å². The first kappa shape index (κ1) is 13.2. The molecule has 0 fully saturated rings. The van der Waals surface area contributed by atoms with Crippen LogP contribution >= 0.6 is 22.9 Å². The first-order valence-corrected chi connectivity index (χ1v) is 7.08. The zero-order valence-electron chi connectivity index (χ0n) is 9.93. The number of benzene rings is 1. The first-order chi connectivity index (χ1) is 8.63. The van der Waals surface area contributed by atoms with Crippen molar-refractivity contribution < 1.29 is 4.92 Å². The van der Waals surface area contributed by atoms with Gasteiger partial charge in [-0.1, -0.05) is 19.4 Å². The van der Waals surface area contributed by atoms with E-state index in [0.29, 0.717) is 17.5 Å². The van der Waals surface area contributed by atoms with Crippen LogP contribution in [-0.4, -0.2) is 15.3 Å². The van der Waals surface area contributed by atoms with Gasteiger partial charge in [0, 0.05) is 10.9 Å². The van der Waals surface area contributed by atoms with Crippen LogP contribution in [0.2, 0.25) is 0 Å². The second-order valence-corrected chi connectivity index (χ2v) is 5.62. The number of halogens is 1. The minimum Gasteiger partial charge on any atom is -0.258 e. The molecule has 0 saturated carbocycles. The van der Waals surface area contributed by atoms with E-state index in [0.717, 1.165) is 17.5 Å². The molecule has 18 heavy (non-hydrogen) atoms. The Morgan fingerprint density at radius 3 is 3.00 bits per heavy atom. The maximum atomic E-state index is 11.2. The molecule has 0 amide bonds. The number of hydrogen-bond acceptors (Lipinski definition) is 4. The lowest BCUT2D eigenvalue weighted by atomic mass is 10.0. The van der Waals surface area contributed by atoms with Crippen molar-refractivity contribution in [2.75, 3.05) is 0 Å². The highest BCUT2D eigenvalue weighted by atomic mass is 35.5. The summed E-state index contributed by atoms with van der Waals surface area (Å²) in [4.78, 5) is 14.9. The van der Waals surface area contributed by atoms with Gasteiger partial charge < -0.3 is 0 Å². The average molecular weight is 285 g/mol. The van der Waals surface area contributed by atoms with Crippen LogP contribution in [0.3, 0.4) is 0 Å². The fraction of sp³-hybridized carbons (Fsp3) is 0.417. The molecule has 0 bridgehead atoms. The van der Waals surface area contributed by atoms with Crippen molar-refractivity contribution in [3.63, 3.8) is 0 Å². The van der Waals surface area contributed by atoms with E-state index in [1.807, 2.05) is 13.0 Å².